The molecule has 0 aliphatic heterocycles. The Morgan fingerprint density at radius 1 is 1.23 bits per heavy atom. The van der Waals surface area contributed by atoms with E-state index in [4.69, 9.17) is 0 Å². The van der Waals surface area contributed by atoms with Gasteiger partial charge in [-0.15, -0.1) is 0 Å². The van der Waals surface area contributed by atoms with Crippen molar-refractivity contribution >= 4 is 33.5 Å². The van der Waals surface area contributed by atoms with E-state index in [2.05, 4.69) is 38.6 Å². The lowest BCUT2D eigenvalue weighted by Gasteiger charge is -2.02. The van der Waals surface area contributed by atoms with Gasteiger partial charge < -0.3 is 0 Å². The molecule has 0 atom stereocenters. The lowest BCUT2D eigenvalue weighted by molar-refractivity contribution is 1.04. The van der Waals surface area contributed by atoms with Crippen molar-refractivity contribution in [2.45, 2.75) is 11.4 Å². The first-order valence-corrected chi connectivity index (χ1v) is 5.62. The number of aryl methyl sites for hydroxylation is 1. The van der Waals surface area contributed by atoms with Crippen LogP contribution in [0.4, 0.5) is 0 Å². The van der Waals surface area contributed by atoms with Crippen molar-refractivity contribution in [1.82, 2.24) is 9.97 Å². The molecule has 3 heteroatoms. The minimum atomic E-state index is 0.865. The van der Waals surface area contributed by atoms with Gasteiger partial charge in [0.25, 0.3) is 0 Å². The Balaban J connectivity index is 2.77. The smallest absolute Gasteiger partial charge is 0.139 e. The fraction of sp³-hybridized carbons (Fsp3) is 0.200. The number of hydrogen-bond donors (Lipinski definition) is 0. The van der Waals surface area contributed by atoms with Gasteiger partial charge in [0.15, 0.2) is 0 Å². The molecule has 1 aromatic heterocycles. The summed E-state index contributed by atoms with van der Waals surface area (Å²) in [7, 11) is 0. The molecule has 0 spiro atoms. The fourth-order valence-electron chi connectivity index (χ4n) is 1.35. The molecule has 1 aromatic carbocycles. The molecule has 0 amide bonds. The third-order valence-corrected chi connectivity index (χ3v) is 2.64. The minimum absolute atomic E-state index is 0.865. The van der Waals surface area contributed by atoms with Gasteiger partial charge in [0.1, 0.15) is 5.82 Å². The first-order chi connectivity index (χ1) is 6.31. The predicted octanol–water partition coefficient (Wildman–Crippen LogP) is 2.87. The maximum Gasteiger partial charge on any atom is 0.139 e. The van der Waals surface area contributed by atoms with Crippen LogP contribution in [0.2, 0.25) is 0 Å². The highest BCUT2D eigenvalue weighted by Gasteiger charge is 2.01. The van der Waals surface area contributed by atoms with Crippen LogP contribution in [0.3, 0.4) is 0 Å². The van der Waals surface area contributed by atoms with Gasteiger partial charge in [-0.1, -0.05) is 40.8 Å². The van der Waals surface area contributed by atoms with Crippen molar-refractivity contribution < 1.29 is 0 Å². The Bertz CT molecular complexity index is 440. The maximum atomic E-state index is 4.44. The molecule has 2 nitrogen and oxygen atoms in total. The molecule has 0 saturated carbocycles. The second-order valence-corrected chi connectivity index (χ2v) is 3.64. The van der Waals surface area contributed by atoms with E-state index in [0.717, 1.165) is 26.8 Å². The summed E-state index contributed by atoms with van der Waals surface area (Å²) in [6.07, 6.45) is 0. The number of rotatable bonds is 1. The van der Waals surface area contributed by atoms with Crippen LogP contribution in [0.5, 0.6) is 0 Å². The minimum Gasteiger partial charge on any atom is -0.237 e. The zero-order valence-electron chi connectivity index (χ0n) is 7.29. The van der Waals surface area contributed by atoms with Gasteiger partial charge >= 0.3 is 0 Å². The highest BCUT2D eigenvalue weighted by atomic mass is 127. The Kier molecular flexibility index (Phi) is 2.44. The molecular formula is C10H9IN2. The molecule has 0 fully saturated rings. The lowest BCUT2D eigenvalue weighted by atomic mass is 10.2. The van der Waals surface area contributed by atoms with Crippen LogP contribution in [-0.4, -0.2) is 9.97 Å². The van der Waals surface area contributed by atoms with Gasteiger partial charge in [0, 0.05) is 11.1 Å². The number of alkyl halides is 1. The molecule has 1 heterocycles. The van der Waals surface area contributed by atoms with Crippen LogP contribution in [0.1, 0.15) is 11.5 Å². The molecule has 2 rings (SSSR count). The van der Waals surface area contributed by atoms with Crippen LogP contribution in [-0.2, 0) is 4.43 Å². The molecule has 0 bridgehead atoms. The molecule has 2 aromatic rings. The Morgan fingerprint density at radius 2 is 2.00 bits per heavy atom. The van der Waals surface area contributed by atoms with E-state index in [9.17, 15) is 0 Å². The lowest BCUT2D eigenvalue weighted by Crippen LogP contribution is -1.94. The zero-order valence-corrected chi connectivity index (χ0v) is 9.45. The molecular weight excluding hydrogens is 275 g/mol. The number of nitrogens with zero attached hydrogens (tertiary/aromatic N) is 2. The van der Waals surface area contributed by atoms with Gasteiger partial charge in [-0.05, 0) is 13.0 Å². The molecule has 0 aliphatic rings. The summed E-state index contributed by atoms with van der Waals surface area (Å²) in [4.78, 5) is 8.84. The van der Waals surface area contributed by atoms with E-state index < -0.39 is 0 Å². The van der Waals surface area contributed by atoms with Crippen molar-refractivity contribution in [2.75, 3.05) is 0 Å². The quantitative estimate of drug-likeness (QED) is 0.594. The molecule has 66 valence electrons. The largest absolute Gasteiger partial charge is 0.237 e. The molecule has 0 unspecified atom stereocenters. The summed E-state index contributed by atoms with van der Waals surface area (Å²) in [5.41, 5.74) is 2.11. The Labute approximate surface area is 90.5 Å². The van der Waals surface area contributed by atoms with Crippen molar-refractivity contribution in [1.29, 1.82) is 0 Å². The van der Waals surface area contributed by atoms with Crippen LogP contribution in [0.25, 0.3) is 10.9 Å². The number of para-hydroxylation sites is 1. The van der Waals surface area contributed by atoms with Crippen LogP contribution in [0.15, 0.2) is 24.3 Å². The Hall–Kier alpha value is -0.710. The molecule has 0 radical (unpaired) electrons. The summed E-state index contributed by atoms with van der Waals surface area (Å²) in [5, 5.41) is 1.15. The van der Waals surface area contributed by atoms with Crippen LogP contribution >= 0.6 is 22.6 Å². The summed E-state index contributed by atoms with van der Waals surface area (Å²) in [6.45, 7) is 2.03. The van der Waals surface area contributed by atoms with Crippen molar-refractivity contribution in [3.63, 3.8) is 0 Å². The van der Waals surface area contributed by atoms with Crippen molar-refractivity contribution in [3.05, 3.63) is 35.8 Å². The highest BCUT2D eigenvalue weighted by Crippen LogP contribution is 2.15. The van der Waals surface area contributed by atoms with Crippen LogP contribution < -0.4 is 0 Å². The second-order valence-electron chi connectivity index (χ2n) is 2.88. The van der Waals surface area contributed by atoms with E-state index in [-0.39, 0.29) is 0 Å². The van der Waals surface area contributed by atoms with Crippen molar-refractivity contribution in [3.8, 4) is 0 Å². The summed E-state index contributed by atoms with van der Waals surface area (Å²) < 4.78 is 0.865. The van der Waals surface area contributed by atoms with E-state index in [0.29, 0.717) is 0 Å². The monoisotopic (exact) mass is 284 g/mol. The average molecular weight is 284 g/mol. The van der Waals surface area contributed by atoms with Gasteiger partial charge in [-0.2, -0.15) is 0 Å². The molecule has 0 saturated heterocycles. The second kappa shape index (κ2) is 3.57. The van der Waals surface area contributed by atoms with E-state index in [1.807, 2.05) is 25.1 Å². The molecule has 0 N–H and O–H groups in total. The van der Waals surface area contributed by atoms with Gasteiger partial charge in [-0.25, -0.2) is 9.97 Å². The van der Waals surface area contributed by atoms with Gasteiger partial charge in [0.05, 0.1) is 9.94 Å². The van der Waals surface area contributed by atoms with Gasteiger partial charge in [0.2, 0.25) is 0 Å². The van der Waals surface area contributed by atoms with E-state index >= 15 is 0 Å². The number of halogens is 1. The number of fused-ring (bicyclic) bond motifs is 1. The Morgan fingerprint density at radius 3 is 2.77 bits per heavy atom. The summed E-state index contributed by atoms with van der Waals surface area (Å²) in [5.74, 6) is 0.914. The number of benzene rings is 1. The molecule has 0 aliphatic carbocycles. The SMILES string of the molecule is Cc1nc(CI)nc2ccccc12. The highest BCUT2D eigenvalue weighted by molar-refractivity contribution is 14.1. The average Bonchev–Trinajstić information content (AvgIpc) is 2.18. The molecule has 13 heavy (non-hydrogen) atoms. The third kappa shape index (κ3) is 1.65. The fourth-order valence-corrected chi connectivity index (χ4v) is 1.70. The number of hydrogen-bond acceptors (Lipinski definition) is 2. The van der Waals surface area contributed by atoms with Gasteiger partial charge in [-0.3, -0.25) is 0 Å². The number of aromatic nitrogens is 2. The zero-order chi connectivity index (χ0) is 9.26. The van der Waals surface area contributed by atoms with E-state index in [1.165, 1.54) is 0 Å². The summed E-state index contributed by atoms with van der Waals surface area (Å²) >= 11 is 2.28. The van der Waals surface area contributed by atoms with E-state index in [1.54, 1.807) is 0 Å². The first-order valence-electron chi connectivity index (χ1n) is 4.09. The maximum absolute atomic E-state index is 4.44. The first kappa shape index (κ1) is 8.87. The van der Waals surface area contributed by atoms with Crippen LogP contribution in [0, 0.1) is 6.92 Å². The topological polar surface area (TPSA) is 25.8 Å². The third-order valence-electron chi connectivity index (χ3n) is 1.96. The standard InChI is InChI=1S/C10H9IN2/c1-7-8-4-2-3-5-9(8)13-10(6-11)12-7/h2-5H,6H2,1H3. The normalized spacial score (nSPS) is 10.6. The summed E-state index contributed by atoms with van der Waals surface area (Å²) in [6, 6.07) is 8.11. The van der Waals surface area contributed by atoms with Crippen molar-refractivity contribution in [2.24, 2.45) is 0 Å². The predicted molar refractivity (Wildman–Crippen MR) is 62.0 cm³/mol.